The Morgan fingerprint density at radius 1 is 1.00 bits per heavy atom. The second-order valence-corrected chi connectivity index (χ2v) is 4.23. The molecule has 0 fully saturated rings. The van der Waals surface area contributed by atoms with Crippen LogP contribution in [0.1, 0.15) is 65.7 Å². The Labute approximate surface area is 84.1 Å². The largest absolute Gasteiger partial charge is 0.328 e. The first kappa shape index (κ1) is 13.0. The van der Waals surface area contributed by atoms with Gasteiger partial charge in [0.2, 0.25) is 0 Å². The maximum absolute atomic E-state index is 5.89. The van der Waals surface area contributed by atoms with Crippen molar-refractivity contribution in [3.8, 4) is 0 Å². The number of rotatable bonds is 8. The minimum atomic E-state index is 0.385. The molecule has 0 bridgehead atoms. The zero-order chi connectivity index (χ0) is 10.1. The lowest BCUT2D eigenvalue weighted by Crippen LogP contribution is -2.25. The van der Waals surface area contributed by atoms with E-state index in [1.54, 1.807) is 0 Å². The fourth-order valence-electron chi connectivity index (χ4n) is 1.85. The van der Waals surface area contributed by atoms with E-state index < -0.39 is 0 Å². The lowest BCUT2D eigenvalue weighted by atomic mass is 9.92. The van der Waals surface area contributed by atoms with Crippen molar-refractivity contribution in [3.05, 3.63) is 0 Å². The normalized spacial score (nSPS) is 15.7. The van der Waals surface area contributed by atoms with Crippen LogP contribution in [0.5, 0.6) is 0 Å². The maximum Gasteiger partial charge on any atom is 0.00386 e. The summed E-state index contributed by atoms with van der Waals surface area (Å²) in [6.45, 7) is 6.65. The number of nitrogens with two attached hydrogens (primary N) is 1. The van der Waals surface area contributed by atoms with Gasteiger partial charge >= 0.3 is 0 Å². The van der Waals surface area contributed by atoms with E-state index >= 15 is 0 Å². The van der Waals surface area contributed by atoms with E-state index in [9.17, 15) is 0 Å². The summed E-state index contributed by atoms with van der Waals surface area (Å²) in [5, 5.41) is 0. The zero-order valence-electron chi connectivity index (χ0n) is 9.68. The molecule has 13 heavy (non-hydrogen) atoms. The van der Waals surface area contributed by atoms with Crippen molar-refractivity contribution in [2.24, 2.45) is 11.7 Å². The zero-order valence-corrected chi connectivity index (χ0v) is 9.68. The van der Waals surface area contributed by atoms with E-state index in [-0.39, 0.29) is 0 Å². The summed E-state index contributed by atoms with van der Waals surface area (Å²) >= 11 is 0. The van der Waals surface area contributed by atoms with Gasteiger partial charge in [-0.25, -0.2) is 0 Å². The Bertz CT molecular complexity index is 99.3. The Hall–Kier alpha value is -0.0400. The lowest BCUT2D eigenvalue weighted by molar-refractivity contribution is 0.382. The molecule has 2 atom stereocenters. The van der Waals surface area contributed by atoms with Crippen LogP contribution in [0, 0.1) is 5.92 Å². The topological polar surface area (TPSA) is 26.0 Å². The molecule has 0 spiro atoms. The number of hydrogen-bond acceptors (Lipinski definition) is 1. The third-order valence-corrected chi connectivity index (χ3v) is 2.95. The lowest BCUT2D eigenvalue weighted by Gasteiger charge is -2.18. The van der Waals surface area contributed by atoms with Gasteiger partial charge in [-0.05, 0) is 19.3 Å². The molecule has 0 aromatic rings. The monoisotopic (exact) mass is 185 g/mol. The van der Waals surface area contributed by atoms with Gasteiger partial charge in [0.1, 0.15) is 0 Å². The molecule has 0 aromatic carbocycles. The third-order valence-electron chi connectivity index (χ3n) is 2.95. The molecule has 0 aliphatic rings. The Morgan fingerprint density at radius 2 is 1.62 bits per heavy atom. The van der Waals surface area contributed by atoms with Gasteiger partial charge in [0, 0.05) is 6.04 Å². The fourth-order valence-corrected chi connectivity index (χ4v) is 1.85. The minimum absolute atomic E-state index is 0.385. The highest BCUT2D eigenvalue weighted by molar-refractivity contribution is 4.66. The van der Waals surface area contributed by atoms with Crippen LogP contribution in [-0.4, -0.2) is 6.04 Å². The summed E-state index contributed by atoms with van der Waals surface area (Å²) in [5.74, 6) is 0.752. The van der Waals surface area contributed by atoms with E-state index in [0.29, 0.717) is 6.04 Å². The van der Waals surface area contributed by atoms with Crippen molar-refractivity contribution in [3.63, 3.8) is 0 Å². The molecule has 0 aromatic heterocycles. The van der Waals surface area contributed by atoms with Crippen molar-refractivity contribution in [2.45, 2.75) is 71.8 Å². The van der Waals surface area contributed by atoms with Gasteiger partial charge in [0.15, 0.2) is 0 Å². The minimum Gasteiger partial charge on any atom is -0.328 e. The predicted molar refractivity (Wildman–Crippen MR) is 60.8 cm³/mol. The smallest absolute Gasteiger partial charge is 0.00386 e. The molecule has 0 aliphatic carbocycles. The van der Waals surface area contributed by atoms with E-state index in [0.717, 1.165) is 5.92 Å². The van der Waals surface area contributed by atoms with Crippen molar-refractivity contribution in [1.82, 2.24) is 0 Å². The van der Waals surface area contributed by atoms with Crippen molar-refractivity contribution < 1.29 is 0 Å². The average molecular weight is 185 g/mol. The molecule has 0 saturated carbocycles. The van der Waals surface area contributed by atoms with Crippen LogP contribution in [0.3, 0.4) is 0 Å². The van der Waals surface area contributed by atoms with Crippen molar-refractivity contribution >= 4 is 0 Å². The van der Waals surface area contributed by atoms with Crippen LogP contribution < -0.4 is 5.73 Å². The van der Waals surface area contributed by atoms with Crippen LogP contribution >= 0.6 is 0 Å². The molecular formula is C12H27N. The van der Waals surface area contributed by atoms with E-state index in [4.69, 9.17) is 5.73 Å². The molecule has 80 valence electrons. The summed E-state index contributed by atoms with van der Waals surface area (Å²) in [6, 6.07) is 0.385. The highest BCUT2D eigenvalue weighted by Gasteiger charge is 2.09. The van der Waals surface area contributed by atoms with Gasteiger partial charge in [-0.3, -0.25) is 0 Å². The van der Waals surface area contributed by atoms with Crippen LogP contribution in [0.15, 0.2) is 0 Å². The molecule has 0 saturated heterocycles. The van der Waals surface area contributed by atoms with Crippen molar-refractivity contribution in [2.75, 3.05) is 0 Å². The Kier molecular flexibility index (Phi) is 8.53. The van der Waals surface area contributed by atoms with Gasteiger partial charge in [-0.2, -0.15) is 0 Å². The first-order chi connectivity index (χ1) is 6.22. The number of unbranched alkanes of at least 4 members (excludes halogenated alkanes) is 4. The van der Waals surface area contributed by atoms with Crippen LogP contribution in [0.2, 0.25) is 0 Å². The highest BCUT2D eigenvalue weighted by Crippen LogP contribution is 2.16. The molecule has 0 amide bonds. The summed E-state index contributed by atoms with van der Waals surface area (Å²) in [7, 11) is 0. The maximum atomic E-state index is 5.89. The molecule has 0 rings (SSSR count). The van der Waals surface area contributed by atoms with Crippen LogP contribution in [0.4, 0.5) is 0 Å². The fraction of sp³-hybridized carbons (Fsp3) is 1.00. The molecule has 2 N–H and O–H groups in total. The second kappa shape index (κ2) is 8.55. The third kappa shape index (κ3) is 7.06. The van der Waals surface area contributed by atoms with Gasteiger partial charge in [0.25, 0.3) is 0 Å². The van der Waals surface area contributed by atoms with Gasteiger partial charge in [-0.1, -0.05) is 52.4 Å². The van der Waals surface area contributed by atoms with Gasteiger partial charge in [0.05, 0.1) is 0 Å². The molecule has 0 aliphatic heterocycles. The second-order valence-electron chi connectivity index (χ2n) is 4.23. The average Bonchev–Trinajstić information content (AvgIpc) is 2.10. The number of hydrogen-bond donors (Lipinski definition) is 1. The summed E-state index contributed by atoms with van der Waals surface area (Å²) < 4.78 is 0. The summed E-state index contributed by atoms with van der Waals surface area (Å²) in [6.07, 6.45) is 9.49. The first-order valence-electron chi connectivity index (χ1n) is 5.97. The van der Waals surface area contributed by atoms with Gasteiger partial charge < -0.3 is 5.73 Å². The summed E-state index contributed by atoms with van der Waals surface area (Å²) in [4.78, 5) is 0. The molecule has 1 heteroatoms. The summed E-state index contributed by atoms with van der Waals surface area (Å²) in [5.41, 5.74) is 5.89. The quantitative estimate of drug-likeness (QED) is 0.573. The molecular weight excluding hydrogens is 158 g/mol. The van der Waals surface area contributed by atoms with Crippen LogP contribution in [0.25, 0.3) is 0 Å². The van der Waals surface area contributed by atoms with Crippen molar-refractivity contribution in [1.29, 1.82) is 0 Å². The predicted octanol–water partition coefficient (Wildman–Crippen LogP) is 3.72. The van der Waals surface area contributed by atoms with E-state index in [1.807, 2.05) is 0 Å². The first-order valence-corrected chi connectivity index (χ1v) is 5.97. The Balaban J connectivity index is 3.28. The highest BCUT2D eigenvalue weighted by atomic mass is 14.6. The van der Waals surface area contributed by atoms with Crippen LogP contribution in [-0.2, 0) is 0 Å². The van der Waals surface area contributed by atoms with E-state index in [1.165, 1.54) is 44.9 Å². The molecule has 2 unspecified atom stereocenters. The van der Waals surface area contributed by atoms with Gasteiger partial charge in [-0.15, -0.1) is 0 Å². The van der Waals surface area contributed by atoms with E-state index in [2.05, 4.69) is 20.8 Å². The SMILES string of the molecule is CCCCCCCC(CC)C(C)N. The Morgan fingerprint density at radius 3 is 2.08 bits per heavy atom. The molecule has 1 nitrogen and oxygen atoms in total. The standard InChI is InChI=1S/C12H27N/c1-4-6-7-8-9-10-12(5-2)11(3)13/h11-12H,4-10,13H2,1-3H3. The molecule has 0 radical (unpaired) electrons. The molecule has 0 heterocycles.